The molecule has 20 heavy (non-hydrogen) atoms. The molecule has 0 aliphatic heterocycles. The summed E-state index contributed by atoms with van der Waals surface area (Å²) in [7, 11) is 0. The molecular weight excluding hydrogens is 252 g/mol. The maximum atomic E-state index is 11.2. The van der Waals surface area contributed by atoms with Gasteiger partial charge in [-0.3, -0.25) is 0 Å². The van der Waals surface area contributed by atoms with E-state index in [1.54, 1.807) is 18.2 Å². The predicted octanol–water partition coefficient (Wildman–Crippen LogP) is 2.94. The molecule has 3 rings (SSSR count). The molecule has 1 fully saturated rings. The van der Waals surface area contributed by atoms with Crippen molar-refractivity contribution in [1.82, 2.24) is 0 Å². The highest BCUT2D eigenvalue weighted by atomic mass is 16.4. The Morgan fingerprint density at radius 3 is 2.65 bits per heavy atom. The monoisotopic (exact) mass is 268 g/mol. The van der Waals surface area contributed by atoms with Gasteiger partial charge in [0.25, 0.3) is 0 Å². The predicted molar refractivity (Wildman–Crippen MR) is 79.0 cm³/mol. The molecule has 1 aliphatic rings. The second kappa shape index (κ2) is 4.89. The molecule has 2 aromatic carbocycles. The third-order valence-electron chi connectivity index (χ3n) is 3.63. The molecule has 4 heteroatoms. The Morgan fingerprint density at radius 2 is 1.95 bits per heavy atom. The molecule has 1 aliphatic carbocycles. The van der Waals surface area contributed by atoms with Gasteiger partial charge in [-0.05, 0) is 30.2 Å². The molecule has 4 N–H and O–H groups in total. The average molecular weight is 268 g/mol. The second-order valence-corrected chi connectivity index (χ2v) is 5.11. The first kappa shape index (κ1) is 12.5. The van der Waals surface area contributed by atoms with Crippen LogP contribution in [0.4, 0.5) is 11.4 Å². The first-order chi connectivity index (χ1) is 9.65. The van der Waals surface area contributed by atoms with E-state index in [0.717, 1.165) is 6.42 Å². The molecule has 2 aromatic rings. The highest BCUT2D eigenvalue weighted by Crippen LogP contribution is 2.43. The van der Waals surface area contributed by atoms with Crippen LogP contribution in [0.25, 0.3) is 0 Å². The first-order valence-electron chi connectivity index (χ1n) is 6.59. The molecule has 2 unspecified atom stereocenters. The van der Waals surface area contributed by atoms with E-state index in [1.807, 2.05) is 18.2 Å². The van der Waals surface area contributed by atoms with Crippen LogP contribution in [0.1, 0.15) is 28.3 Å². The van der Waals surface area contributed by atoms with Crippen molar-refractivity contribution in [1.29, 1.82) is 0 Å². The van der Waals surface area contributed by atoms with Crippen molar-refractivity contribution in [2.45, 2.75) is 18.4 Å². The van der Waals surface area contributed by atoms with Gasteiger partial charge in [0.05, 0.1) is 11.3 Å². The van der Waals surface area contributed by atoms with Crippen molar-refractivity contribution in [2.75, 3.05) is 11.1 Å². The quantitative estimate of drug-likeness (QED) is 0.745. The number of hydrogen-bond acceptors (Lipinski definition) is 3. The molecule has 2 atom stereocenters. The zero-order valence-corrected chi connectivity index (χ0v) is 10.9. The number of hydrogen-bond donors (Lipinski definition) is 3. The van der Waals surface area contributed by atoms with Crippen molar-refractivity contribution < 1.29 is 9.90 Å². The summed E-state index contributed by atoms with van der Waals surface area (Å²) in [5, 5.41) is 12.5. The Labute approximate surface area is 117 Å². The van der Waals surface area contributed by atoms with E-state index in [2.05, 4.69) is 17.4 Å². The van der Waals surface area contributed by atoms with E-state index < -0.39 is 5.97 Å². The zero-order chi connectivity index (χ0) is 14.1. The van der Waals surface area contributed by atoms with Crippen molar-refractivity contribution in [2.24, 2.45) is 0 Å². The third kappa shape index (κ3) is 2.45. The standard InChI is InChI=1S/C16H16N2O2/c17-11-6-7-12(16(19)20)14(8-11)18-15-9-13(15)10-4-2-1-3-5-10/h1-8,13,15,18H,9,17H2,(H,19,20). The summed E-state index contributed by atoms with van der Waals surface area (Å²) in [6.45, 7) is 0. The number of rotatable bonds is 4. The van der Waals surface area contributed by atoms with E-state index >= 15 is 0 Å². The van der Waals surface area contributed by atoms with Gasteiger partial charge in [0.15, 0.2) is 0 Å². The third-order valence-corrected chi connectivity index (χ3v) is 3.63. The van der Waals surface area contributed by atoms with E-state index in [1.165, 1.54) is 5.56 Å². The van der Waals surface area contributed by atoms with Gasteiger partial charge in [0, 0.05) is 17.6 Å². The van der Waals surface area contributed by atoms with Crippen molar-refractivity contribution >= 4 is 17.3 Å². The fraction of sp³-hybridized carbons (Fsp3) is 0.188. The largest absolute Gasteiger partial charge is 0.478 e. The summed E-state index contributed by atoms with van der Waals surface area (Å²) < 4.78 is 0. The minimum absolute atomic E-state index is 0.262. The number of nitrogen functional groups attached to an aromatic ring is 1. The summed E-state index contributed by atoms with van der Waals surface area (Å²) >= 11 is 0. The minimum Gasteiger partial charge on any atom is -0.478 e. The van der Waals surface area contributed by atoms with Crippen molar-refractivity contribution in [3.63, 3.8) is 0 Å². The van der Waals surface area contributed by atoms with Crippen LogP contribution in [0.2, 0.25) is 0 Å². The van der Waals surface area contributed by atoms with E-state index in [4.69, 9.17) is 5.73 Å². The molecule has 1 saturated carbocycles. The molecule has 0 spiro atoms. The summed E-state index contributed by atoms with van der Waals surface area (Å²) in [4.78, 5) is 11.2. The van der Waals surface area contributed by atoms with Crippen LogP contribution < -0.4 is 11.1 Å². The Bertz CT molecular complexity index is 640. The summed E-state index contributed by atoms with van der Waals surface area (Å²) in [6, 6.07) is 15.3. The maximum Gasteiger partial charge on any atom is 0.337 e. The van der Waals surface area contributed by atoms with E-state index in [-0.39, 0.29) is 11.6 Å². The van der Waals surface area contributed by atoms with Crippen LogP contribution >= 0.6 is 0 Å². The van der Waals surface area contributed by atoms with Gasteiger partial charge in [-0.15, -0.1) is 0 Å². The lowest BCUT2D eigenvalue weighted by Crippen LogP contribution is -2.10. The lowest BCUT2D eigenvalue weighted by molar-refractivity contribution is 0.0698. The molecular formula is C16H16N2O2. The molecule has 102 valence electrons. The van der Waals surface area contributed by atoms with Gasteiger partial charge in [0.2, 0.25) is 0 Å². The SMILES string of the molecule is Nc1ccc(C(=O)O)c(NC2CC2c2ccccc2)c1. The number of anilines is 2. The van der Waals surface area contributed by atoms with Crippen LogP contribution in [-0.4, -0.2) is 17.1 Å². The maximum absolute atomic E-state index is 11.2. The second-order valence-electron chi connectivity index (χ2n) is 5.11. The number of carboxylic acids is 1. The van der Waals surface area contributed by atoms with Crippen LogP contribution in [0.3, 0.4) is 0 Å². The number of aromatic carboxylic acids is 1. The summed E-state index contributed by atoms with van der Waals surface area (Å²) in [5.41, 5.74) is 8.44. The van der Waals surface area contributed by atoms with Crippen molar-refractivity contribution in [3.05, 3.63) is 59.7 Å². The summed E-state index contributed by atoms with van der Waals surface area (Å²) in [6.07, 6.45) is 1.01. The lowest BCUT2D eigenvalue weighted by Gasteiger charge is -2.10. The smallest absolute Gasteiger partial charge is 0.337 e. The molecule has 0 radical (unpaired) electrons. The number of carbonyl (C=O) groups is 1. The Morgan fingerprint density at radius 1 is 1.20 bits per heavy atom. The van der Waals surface area contributed by atoms with Gasteiger partial charge < -0.3 is 16.2 Å². The molecule has 4 nitrogen and oxygen atoms in total. The molecule has 0 bridgehead atoms. The Balaban J connectivity index is 1.77. The fourth-order valence-corrected chi connectivity index (χ4v) is 2.49. The van der Waals surface area contributed by atoms with E-state index in [0.29, 0.717) is 17.3 Å². The van der Waals surface area contributed by atoms with E-state index in [9.17, 15) is 9.90 Å². The zero-order valence-electron chi connectivity index (χ0n) is 10.9. The lowest BCUT2D eigenvalue weighted by atomic mass is 10.1. The average Bonchev–Trinajstić information content (AvgIpc) is 3.19. The first-order valence-corrected chi connectivity index (χ1v) is 6.59. The Hall–Kier alpha value is -2.49. The van der Waals surface area contributed by atoms with Gasteiger partial charge in [0.1, 0.15) is 0 Å². The van der Waals surface area contributed by atoms with Crippen LogP contribution in [0.5, 0.6) is 0 Å². The van der Waals surface area contributed by atoms with Crippen LogP contribution in [0.15, 0.2) is 48.5 Å². The molecule has 0 heterocycles. The summed E-state index contributed by atoms with van der Waals surface area (Å²) in [5.74, 6) is -0.497. The van der Waals surface area contributed by atoms with Crippen molar-refractivity contribution in [3.8, 4) is 0 Å². The molecule has 0 aromatic heterocycles. The topological polar surface area (TPSA) is 75.4 Å². The van der Waals surface area contributed by atoms with Gasteiger partial charge in [-0.25, -0.2) is 4.79 Å². The van der Waals surface area contributed by atoms with Gasteiger partial charge in [-0.1, -0.05) is 30.3 Å². The van der Waals surface area contributed by atoms with Crippen LogP contribution in [0, 0.1) is 0 Å². The minimum atomic E-state index is -0.940. The number of benzene rings is 2. The fourth-order valence-electron chi connectivity index (χ4n) is 2.49. The molecule has 0 saturated heterocycles. The van der Waals surface area contributed by atoms with Crippen LogP contribution in [-0.2, 0) is 0 Å². The molecule has 0 amide bonds. The number of nitrogens with one attached hydrogen (secondary N) is 1. The number of nitrogens with two attached hydrogens (primary N) is 1. The normalized spacial score (nSPS) is 20.4. The Kier molecular flexibility index (Phi) is 3.06. The highest BCUT2D eigenvalue weighted by molar-refractivity contribution is 5.95. The number of carboxylic acid groups (broad SMARTS) is 1. The van der Waals surface area contributed by atoms with Gasteiger partial charge >= 0.3 is 5.97 Å². The highest BCUT2D eigenvalue weighted by Gasteiger charge is 2.38. The van der Waals surface area contributed by atoms with Gasteiger partial charge in [-0.2, -0.15) is 0 Å².